The number of nitrogens with one attached hydrogen (secondary N) is 1. The second kappa shape index (κ2) is 6.69. The average Bonchev–Trinajstić information content (AvgIpc) is 3.03. The summed E-state index contributed by atoms with van der Waals surface area (Å²) in [5.41, 5.74) is 4.08. The molecule has 0 saturated carbocycles. The topological polar surface area (TPSA) is 75.0 Å². The molecule has 6 heteroatoms. The van der Waals surface area contributed by atoms with Crippen LogP contribution in [0, 0.1) is 11.3 Å². The molecular weight excluding hydrogens is 322 g/mol. The van der Waals surface area contributed by atoms with Gasteiger partial charge in [-0.25, -0.2) is 4.98 Å². The number of aromatic nitrogens is 1. The van der Waals surface area contributed by atoms with Gasteiger partial charge in [0.1, 0.15) is 5.75 Å². The van der Waals surface area contributed by atoms with Crippen LogP contribution in [-0.2, 0) is 0 Å². The minimum Gasteiger partial charge on any atom is -0.489 e. The molecule has 120 valence electrons. The first kappa shape index (κ1) is 16.0. The van der Waals surface area contributed by atoms with Crippen molar-refractivity contribution in [2.45, 2.75) is 20.0 Å². The van der Waals surface area contributed by atoms with Gasteiger partial charge in [-0.05, 0) is 44.2 Å². The van der Waals surface area contributed by atoms with E-state index in [-0.39, 0.29) is 12.0 Å². The molecule has 0 saturated heterocycles. The Balaban J connectivity index is 1.89. The summed E-state index contributed by atoms with van der Waals surface area (Å²) in [6, 6.07) is 12.4. The molecule has 0 unspecified atom stereocenters. The number of thiazole rings is 1. The van der Waals surface area contributed by atoms with E-state index in [9.17, 15) is 4.79 Å². The monoisotopic (exact) mass is 337 g/mol. The lowest BCUT2D eigenvalue weighted by Crippen LogP contribution is -2.14. The number of hydrogen-bond acceptors (Lipinski definition) is 5. The zero-order chi connectivity index (χ0) is 17.1. The molecule has 0 aliphatic rings. The largest absolute Gasteiger partial charge is 0.489 e. The van der Waals surface area contributed by atoms with Gasteiger partial charge in [0.2, 0.25) is 0 Å². The van der Waals surface area contributed by atoms with Crippen molar-refractivity contribution in [2.75, 3.05) is 5.32 Å². The van der Waals surface area contributed by atoms with E-state index in [0.29, 0.717) is 22.6 Å². The van der Waals surface area contributed by atoms with Gasteiger partial charge in [-0.2, -0.15) is 5.26 Å². The number of anilines is 1. The van der Waals surface area contributed by atoms with E-state index in [0.717, 1.165) is 10.2 Å². The quantitative estimate of drug-likeness (QED) is 0.774. The van der Waals surface area contributed by atoms with Crippen molar-refractivity contribution in [2.24, 2.45) is 0 Å². The molecule has 0 fully saturated rings. The van der Waals surface area contributed by atoms with Crippen molar-refractivity contribution in [1.29, 1.82) is 5.26 Å². The standard InChI is InChI=1S/C18H15N3O2S/c1-11(2)23-16-7-12(9-19)3-5-14(16)21-18(22)13-4-6-17-15(8-13)20-10-24-17/h3-8,10-11H,1-2H3,(H,21,22). The highest BCUT2D eigenvalue weighted by Gasteiger charge is 2.13. The van der Waals surface area contributed by atoms with Gasteiger partial charge >= 0.3 is 0 Å². The summed E-state index contributed by atoms with van der Waals surface area (Å²) in [5.74, 6) is 0.232. The molecule has 3 rings (SSSR count). The van der Waals surface area contributed by atoms with Gasteiger partial charge in [-0.3, -0.25) is 4.79 Å². The Hall–Kier alpha value is -2.91. The number of amides is 1. The van der Waals surface area contributed by atoms with E-state index >= 15 is 0 Å². The molecule has 1 amide bonds. The average molecular weight is 337 g/mol. The van der Waals surface area contributed by atoms with Crippen LogP contribution >= 0.6 is 11.3 Å². The molecule has 2 aromatic carbocycles. The van der Waals surface area contributed by atoms with Gasteiger partial charge in [0.25, 0.3) is 5.91 Å². The van der Waals surface area contributed by atoms with Crippen LogP contribution in [0.4, 0.5) is 5.69 Å². The highest BCUT2D eigenvalue weighted by Crippen LogP contribution is 2.28. The molecule has 3 aromatic rings. The van der Waals surface area contributed by atoms with Crippen molar-refractivity contribution >= 4 is 33.1 Å². The number of hydrogen-bond donors (Lipinski definition) is 1. The zero-order valence-electron chi connectivity index (χ0n) is 13.2. The van der Waals surface area contributed by atoms with E-state index in [4.69, 9.17) is 10.00 Å². The Morgan fingerprint density at radius 1 is 1.29 bits per heavy atom. The Labute approximate surface area is 143 Å². The summed E-state index contributed by atoms with van der Waals surface area (Å²) in [5, 5.41) is 11.9. The van der Waals surface area contributed by atoms with Gasteiger partial charge in [0, 0.05) is 11.6 Å². The van der Waals surface area contributed by atoms with Gasteiger partial charge in [0.15, 0.2) is 0 Å². The van der Waals surface area contributed by atoms with E-state index in [2.05, 4.69) is 16.4 Å². The first-order chi connectivity index (χ1) is 11.6. The van der Waals surface area contributed by atoms with Crippen LogP contribution in [0.3, 0.4) is 0 Å². The van der Waals surface area contributed by atoms with Crippen molar-refractivity contribution < 1.29 is 9.53 Å². The molecule has 1 aromatic heterocycles. The number of benzene rings is 2. The van der Waals surface area contributed by atoms with Gasteiger partial charge in [-0.1, -0.05) is 0 Å². The van der Waals surface area contributed by atoms with E-state index in [1.54, 1.807) is 35.8 Å². The molecule has 1 N–H and O–H groups in total. The number of fused-ring (bicyclic) bond motifs is 1. The molecule has 0 atom stereocenters. The van der Waals surface area contributed by atoms with Crippen molar-refractivity contribution in [3.8, 4) is 11.8 Å². The van der Waals surface area contributed by atoms with Gasteiger partial charge < -0.3 is 10.1 Å². The summed E-state index contributed by atoms with van der Waals surface area (Å²) >= 11 is 1.53. The third kappa shape index (κ3) is 3.36. The lowest BCUT2D eigenvalue weighted by atomic mass is 10.1. The van der Waals surface area contributed by atoms with Crippen LogP contribution in [-0.4, -0.2) is 17.0 Å². The summed E-state index contributed by atoms with van der Waals surface area (Å²) < 4.78 is 6.74. The summed E-state index contributed by atoms with van der Waals surface area (Å²) in [4.78, 5) is 16.7. The number of nitrogens with zero attached hydrogens (tertiary/aromatic N) is 2. The van der Waals surface area contributed by atoms with Crippen LogP contribution in [0.2, 0.25) is 0 Å². The lowest BCUT2D eigenvalue weighted by Gasteiger charge is -2.15. The highest BCUT2D eigenvalue weighted by atomic mass is 32.1. The van der Waals surface area contributed by atoms with E-state index < -0.39 is 0 Å². The Bertz CT molecular complexity index is 941. The third-order valence-electron chi connectivity index (χ3n) is 3.31. The second-order valence-corrected chi connectivity index (χ2v) is 6.36. The summed E-state index contributed by atoms with van der Waals surface area (Å²) in [6.45, 7) is 3.78. The number of rotatable bonds is 4. The lowest BCUT2D eigenvalue weighted by molar-refractivity contribution is 0.102. The second-order valence-electron chi connectivity index (χ2n) is 5.48. The SMILES string of the molecule is CC(C)Oc1cc(C#N)ccc1NC(=O)c1ccc2scnc2c1. The van der Waals surface area contributed by atoms with E-state index in [1.807, 2.05) is 19.9 Å². The first-order valence-corrected chi connectivity index (χ1v) is 8.30. The molecule has 5 nitrogen and oxygen atoms in total. The highest BCUT2D eigenvalue weighted by molar-refractivity contribution is 7.16. The Morgan fingerprint density at radius 3 is 2.88 bits per heavy atom. The maximum Gasteiger partial charge on any atom is 0.255 e. The van der Waals surface area contributed by atoms with Gasteiger partial charge in [-0.15, -0.1) is 11.3 Å². The molecule has 0 aliphatic heterocycles. The maximum absolute atomic E-state index is 12.5. The molecule has 0 radical (unpaired) electrons. The number of nitriles is 1. The fourth-order valence-electron chi connectivity index (χ4n) is 2.24. The minimum absolute atomic E-state index is 0.0686. The number of carbonyl (C=O) groups excluding carboxylic acids is 1. The number of carbonyl (C=O) groups is 1. The fourth-order valence-corrected chi connectivity index (χ4v) is 2.90. The predicted octanol–water partition coefficient (Wildman–Crippen LogP) is 4.21. The van der Waals surface area contributed by atoms with Crippen LogP contribution in [0.15, 0.2) is 41.9 Å². The smallest absolute Gasteiger partial charge is 0.255 e. The van der Waals surface area contributed by atoms with Crippen LogP contribution in [0.5, 0.6) is 5.75 Å². The molecule has 0 bridgehead atoms. The zero-order valence-corrected chi connectivity index (χ0v) is 14.1. The predicted molar refractivity (Wildman–Crippen MR) is 94.5 cm³/mol. The van der Waals surface area contributed by atoms with Crippen LogP contribution in [0.1, 0.15) is 29.8 Å². The summed E-state index contributed by atoms with van der Waals surface area (Å²) in [6.07, 6.45) is -0.0686. The third-order valence-corrected chi connectivity index (χ3v) is 4.12. The molecular formula is C18H15N3O2S. The van der Waals surface area contributed by atoms with Crippen molar-refractivity contribution in [3.05, 3.63) is 53.0 Å². The minimum atomic E-state index is -0.247. The Morgan fingerprint density at radius 2 is 2.12 bits per heavy atom. The number of ether oxygens (including phenoxy) is 1. The normalized spacial score (nSPS) is 10.6. The van der Waals surface area contributed by atoms with Gasteiger partial charge in [0.05, 0.1) is 39.2 Å². The molecule has 0 aliphatic carbocycles. The van der Waals surface area contributed by atoms with E-state index in [1.165, 1.54) is 11.3 Å². The van der Waals surface area contributed by atoms with Crippen molar-refractivity contribution in [1.82, 2.24) is 4.98 Å². The molecule has 0 spiro atoms. The maximum atomic E-state index is 12.5. The summed E-state index contributed by atoms with van der Waals surface area (Å²) in [7, 11) is 0. The fraction of sp³-hybridized carbons (Fsp3) is 0.167. The van der Waals surface area contributed by atoms with Crippen LogP contribution < -0.4 is 10.1 Å². The Kier molecular flexibility index (Phi) is 4.45. The van der Waals surface area contributed by atoms with Crippen LogP contribution in [0.25, 0.3) is 10.2 Å². The molecule has 1 heterocycles. The molecule has 24 heavy (non-hydrogen) atoms. The first-order valence-electron chi connectivity index (χ1n) is 7.42. The van der Waals surface area contributed by atoms with Crippen molar-refractivity contribution in [3.63, 3.8) is 0 Å².